The van der Waals surface area contributed by atoms with E-state index in [2.05, 4.69) is 50.1 Å². The fourth-order valence-corrected chi connectivity index (χ4v) is 4.35. The smallest absolute Gasteiger partial charge is 0.147 e. The van der Waals surface area contributed by atoms with Crippen molar-refractivity contribution < 1.29 is 0 Å². The highest BCUT2D eigenvalue weighted by molar-refractivity contribution is 5.37. The standard InChI is InChI=1S/C20H26N4/c1-2-5-18(6-3-1)7-13-23-12-4-8-20(16-23)9-14-24(17-20)19-15-21-10-11-22-19/h1-3,5-6,10-11,15H,4,7-9,12-14,16-17H2/t20-/m0/s1. The molecule has 0 N–H and O–H groups in total. The Morgan fingerprint density at radius 3 is 2.75 bits per heavy atom. The average molecular weight is 322 g/mol. The largest absolute Gasteiger partial charge is 0.355 e. The molecule has 0 amide bonds. The zero-order valence-electron chi connectivity index (χ0n) is 14.3. The van der Waals surface area contributed by atoms with Gasteiger partial charge >= 0.3 is 0 Å². The van der Waals surface area contributed by atoms with Gasteiger partial charge in [0.25, 0.3) is 0 Å². The molecule has 0 saturated carbocycles. The third-order valence-corrected chi connectivity index (χ3v) is 5.61. The quantitative estimate of drug-likeness (QED) is 0.866. The summed E-state index contributed by atoms with van der Waals surface area (Å²) in [5.41, 5.74) is 1.90. The third kappa shape index (κ3) is 3.44. The molecule has 1 aromatic heterocycles. The number of piperidine rings is 1. The summed E-state index contributed by atoms with van der Waals surface area (Å²) in [6.45, 7) is 5.91. The normalized spacial score (nSPS) is 24.6. The number of rotatable bonds is 4. The molecule has 4 heteroatoms. The summed E-state index contributed by atoms with van der Waals surface area (Å²) in [5.74, 6) is 1.04. The Bertz CT molecular complexity index is 645. The van der Waals surface area contributed by atoms with Gasteiger partial charge in [0.05, 0.1) is 6.20 Å². The van der Waals surface area contributed by atoms with Crippen molar-refractivity contribution in [1.82, 2.24) is 14.9 Å². The fourth-order valence-electron chi connectivity index (χ4n) is 4.35. The second-order valence-electron chi connectivity index (χ2n) is 7.35. The van der Waals surface area contributed by atoms with E-state index in [4.69, 9.17) is 0 Å². The van der Waals surface area contributed by atoms with Gasteiger partial charge in [0.1, 0.15) is 5.82 Å². The summed E-state index contributed by atoms with van der Waals surface area (Å²) in [4.78, 5) is 13.8. The number of aromatic nitrogens is 2. The minimum Gasteiger partial charge on any atom is -0.355 e. The minimum absolute atomic E-state index is 0.451. The number of likely N-dealkylation sites (tertiary alicyclic amines) is 1. The van der Waals surface area contributed by atoms with Gasteiger partial charge < -0.3 is 9.80 Å². The van der Waals surface area contributed by atoms with E-state index >= 15 is 0 Å². The summed E-state index contributed by atoms with van der Waals surface area (Å²) < 4.78 is 0. The van der Waals surface area contributed by atoms with Crippen molar-refractivity contribution in [3.8, 4) is 0 Å². The molecule has 24 heavy (non-hydrogen) atoms. The van der Waals surface area contributed by atoms with Crippen molar-refractivity contribution >= 4 is 5.82 Å². The van der Waals surface area contributed by atoms with Gasteiger partial charge in [-0.05, 0) is 37.8 Å². The first kappa shape index (κ1) is 15.6. The summed E-state index contributed by atoms with van der Waals surface area (Å²) in [6.07, 6.45) is 10.6. The lowest BCUT2D eigenvalue weighted by atomic mass is 9.79. The predicted molar refractivity (Wildman–Crippen MR) is 97.1 cm³/mol. The van der Waals surface area contributed by atoms with Crippen LogP contribution in [0, 0.1) is 5.41 Å². The predicted octanol–water partition coefficient (Wildman–Crippen LogP) is 3.01. The highest BCUT2D eigenvalue weighted by Crippen LogP contribution is 2.40. The van der Waals surface area contributed by atoms with E-state index in [-0.39, 0.29) is 0 Å². The molecule has 0 aliphatic carbocycles. The maximum atomic E-state index is 4.48. The second-order valence-corrected chi connectivity index (χ2v) is 7.35. The third-order valence-electron chi connectivity index (χ3n) is 5.61. The maximum absolute atomic E-state index is 4.48. The molecule has 0 unspecified atom stereocenters. The Morgan fingerprint density at radius 1 is 1.00 bits per heavy atom. The van der Waals surface area contributed by atoms with Crippen molar-refractivity contribution in [2.45, 2.75) is 25.7 Å². The topological polar surface area (TPSA) is 32.3 Å². The van der Waals surface area contributed by atoms with Gasteiger partial charge in [-0.25, -0.2) is 4.98 Å². The highest BCUT2D eigenvalue weighted by atomic mass is 15.2. The van der Waals surface area contributed by atoms with Gasteiger partial charge in [-0.3, -0.25) is 4.98 Å². The highest BCUT2D eigenvalue weighted by Gasteiger charge is 2.41. The van der Waals surface area contributed by atoms with Crippen molar-refractivity contribution in [3.05, 3.63) is 54.5 Å². The van der Waals surface area contributed by atoms with Crippen LogP contribution in [-0.4, -0.2) is 47.6 Å². The van der Waals surface area contributed by atoms with Crippen molar-refractivity contribution in [3.63, 3.8) is 0 Å². The molecule has 2 aliphatic heterocycles. The van der Waals surface area contributed by atoms with Crippen LogP contribution in [-0.2, 0) is 6.42 Å². The monoisotopic (exact) mass is 322 g/mol. The summed E-state index contributed by atoms with van der Waals surface area (Å²) >= 11 is 0. The molecule has 2 aliphatic rings. The van der Waals surface area contributed by atoms with Crippen LogP contribution < -0.4 is 4.90 Å². The molecule has 1 aromatic carbocycles. The van der Waals surface area contributed by atoms with E-state index in [1.165, 1.54) is 44.5 Å². The molecule has 1 spiro atoms. The number of benzene rings is 1. The molecule has 2 aromatic rings. The molecule has 3 heterocycles. The summed E-state index contributed by atoms with van der Waals surface area (Å²) in [5, 5.41) is 0. The Hall–Kier alpha value is -1.94. The van der Waals surface area contributed by atoms with Gasteiger partial charge in [0, 0.05) is 44.0 Å². The zero-order valence-corrected chi connectivity index (χ0v) is 14.3. The fraction of sp³-hybridized carbons (Fsp3) is 0.500. The lowest BCUT2D eigenvalue weighted by Crippen LogP contribution is -2.45. The van der Waals surface area contributed by atoms with Crippen molar-refractivity contribution in [2.24, 2.45) is 5.41 Å². The molecule has 4 rings (SSSR count). The number of hydrogen-bond donors (Lipinski definition) is 0. The van der Waals surface area contributed by atoms with Gasteiger partial charge in [-0.1, -0.05) is 30.3 Å². The van der Waals surface area contributed by atoms with Crippen LogP contribution >= 0.6 is 0 Å². The van der Waals surface area contributed by atoms with Crippen LogP contribution in [0.2, 0.25) is 0 Å². The van der Waals surface area contributed by atoms with Crippen LogP contribution in [0.15, 0.2) is 48.9 Å². The summed E-state index contributed by atoms with van der Waals surface area (Å²) in [6, 6.07) is 10.9. The van der Waals surface area contributed by atoms with Crippen molar-refractivity contribution in [2.75, 3.05) is 37.6 Å². The molecule has 0 radical (unpaired) electrons. The minimum atomic E-state index is 0.451. The molecule has 0 bridgehead atoms. The summed E-state index contributed by atoms with van der Waals surface area (Å²) in [7, 11) is 0. The average Bonchev–Trinajstić information content (AvgIpc) is 3.05. The Balaban J connectivity index is 1.36. The van der Waals surface area contributed by atoms with Crippen molar-refractivity contribution in [1.29, 1.82) is 0 Å². The molecular formula is C20H26N4. The Labute approximate surface area is 144 Å². The van der Waals surface area contributed by atoms with E-state index in [9.17, 15) is 0 Å². The maximum Gasteiger partial charge on any atom is 0.147 e. The molecule has 4 nitrogen and oxygen atoms in total. The van der Waals surface area contributed by atoms with Gasteiger partial charge in [0.2, 0.25) is 0 Å². The van der Waals surface area contributed by atoms with Crippen LogP contribution in [0.4, 0.5) is 5.82 Å². The van der Waals surface area contributed by atoms with Crippen LogP contribution in [0.1, 0.15) is 24.8 Å². The zero-order chi connectivity index (χ0) is 16.2. The number of anilines is 1. The van der Waals surface area contributed by atoms with E-state index in [1.807, 2.05) is 6.20 Å². The Morgan fingerprint density at radius 2 is 1.92 bits per heavy atom. The first-order chi connectivity index (χ1) is 11.8. The SMILES string of the molecule is c1ccc(CCN2CCC[C@]3(CCN(c4cnccn4)C3)C2)cc1. The first-order valence-electron chi connectivity index (χ1n) is 9.10. The van der Waals surface area contributed by atoms with E-state index < -0.39 is 0 Å². The van der Waals surface area contributed by atoms with Crippen LogP contribution in [0.25, 0.3) is 0 Å². The molecule has 126 valence electrons. The first-order valence-corrected chi connectivity index (χ1v) is 9.10. The second kappa shape index (κ2) is 6.89. The Kier molecular flexibility index (Phi) is 4.48. The van der Waals surface area contributed by atoms with E-state index in [0.29, 0.717) is 5.41 Å². The molecular weight excluding hydrogens is 296 g/mol. The van der Waals surface area contributed by atoms with Crippen LogP contribution in [0.3, 0.4) is 0 Å². The molecule has 2 fully saturated rings. The lowest BCUT2D eigenvalue weighted by Gasteiger charge is -2.40. The van der Waals surface area contributed by atoms with Gasteiger partial charge in [-0.2, -0.15) is 0 Å². The van der Waals surface area contributed by atoms with Gasteiger partial charge in [0.15, 0.2) is 0 Å². The van der Waals surface area contributed by atoms with E-state index in [0.717, 1.165) is 25.3 Å². The lowest BCUT2D eigenvalue weighted by molar-refractivity contribution is 0.106. The number of nitrogens with zero attached hydrogens (tertiary/aromatic N) is 4. The molecule has 2 saturated heterocycles. The van der Waals surface area contributed by atoms with Gasteiger partial charge in [-0.15, -0.1) is 0 Å². The number of hydrogen-bond acceptors (Lipinski definition) is 4. The molecule has 1 atom stereocenters. The van der Waals surface area contributed by atoms with E-state index in [1.54, 1.807) is 12.4 Å². The van der Waals surface area contributed by atoms with Crippen LogP contribution in [0.5, 0.6) is 0 Å².